The fourth-order valence-electron chi connectivity index (χ4n) is 2.12. The molecular formula is C13H24N2O4S. The van der Waals surface area contributed by atoms with E-state index in [0.717, 1.165) is 13.0 Å². The van der Waals surface area contributed by atoms with Crippen LogP contribution in [0, 0.1) is 5.92 Å². The molecule has 3 unspecified atom stereocenters. The van der Waals surface area contributed by atoms with Crippen molar-refractivity contribution in [1.82, 2.24) is 10.6 Å². The maximum absolute atomic E-state index is 12.2. The standard InChI is InChI=1S/C13H24N2O4S/c1-3-5-14-11-8-19-7-9(11)12(16)15-10(13(17)18)4-6-20-2/h9-11,14H,3-8H2,1-2H3,(H,15,16)(H,17,18). The molecule has 0 aromatic rings. The highest BCUT2D eigenvalue weighted by atomic mass is 32.2. The number of carboxylic acid groups (broad SMARTS) is 1. The number of rotatable bonds is 9. The van der Waals surface area contributed by atoms with E-state index in [0.29, 0.717) is 25.4 Å². The third-order valence-electron chi connectivity index (χ3n) is 3.30. The van der Waals surface area contributed by atoms with Crippen molar-refractivity contribution < 1.29 is 19.4 Å². The molecule has 1 heterocycles. The Bertz CT molecular complexity index is 327. The van der Waals surface area contributed by atoms with Gasteiger partial charge in [0.05, 0.1) is 19.1 Å². The van der Waals surface area contributed by atoms with Gasteiger partial charge < -0.3 is 20.5 Å². The van der Waals surface area contributed by atoms with E-state index in [2.05, 4.69) is 17.6 Å². The molecule has 1 aliphatic rings. The second-order valence-corrected chi connectivity index (χ2v) is 5.87. The van der Waals surface area contributed by atoms with E-state index in [1.165, 1.54) is 0 Å². The highest BCUT2D eigenvalue weighted by Crippen LogP contribution is 2.15. The topological polar surface area (TPSA) is 87.7 Å². The number of hydrogen-bond acceptors (Lipinski definition) is 5. The Morgan fingerprint density at radius 3 is 2.80 bits per heavy atom. The molecule has 1 fully saturated rings. The number of hydrogen-bond donors (Lipinski definition) is 3. The molecule has 3 N–H and O–H groups in total. The predicted molar refractivity (Wildman–Crippen MR) is 79.0 cm³/mol. The summed E-state index contributed by atoms with van der Waals surface area (Å²) in [6.45, 7) is 3.73. The Hall–Kier alpha value is -0.790. The molecule has 0 saturated carbocycles. The molecule has 7 heteroatoms. The van der Waals surface area contributed by atoms with Crippen molar-refractivity contribution in [3.63, 3.8) is 0 Å². The Kier molecular flexibility index (Phi) is 7.94. The molecule has 0 bridgehead atoms. The lowest BCUT2D eigenvalue weighted by Crippen LogP contribution is -2.49. The van der Waals surface area contributed by atoms with Crippen molar-refractivity contribution in [3.8, 4) is 0 Å². The summed E-state index contributed by atoms with van der Waals surface area (Å²) in [5, 5.41) is 15.0. The number of carbonyl (C=O) groups is 2. The molecule has 3 atom stereocenters. The monoisotopic (exact) mass is 304 g/mol. The van der Waals surface area contributed by atoms with Gasteiger partial charge in [-0.3, -0.25) is 4.79 Å². The quantitative estimate of drug-likeness (QED) is 0.569. The SMILES string of the molecule is CCCNC1COCC1C(=O)NC(CCSC)C(=O)O. The van der Waals surface area contributed by atoms with Gasteiger partial charge in [0.2, 0.25) is 5.91 Å². The molecule has 0 spiro atoms. The Labute approximate surface area is 124 Å². The van der Waals surface area contributed by atoms with Crippen molar-refractivity contribution in [1.29, 1.82) is 0 Å². The zero-order valence-electron chi connectivity index (χ0n) is 12.1. The lowest BCUT2D eigenvalue weighted by atomic mass is 10.0. The zero-order chi connectivity index (χ0) is 15.0. The van der Waals surface area contributed by atoms with Gasteiger partial charge in [-0.25, -0.2) is 4.79 Å². The van der Waals surface area contributed by atoms with E-state index in [4.69, 9.17) is 9.84 Å². The van der Waals surface area contributed by atoms with Crippen LogP contribution in [0.25, 0.3) is 0 Å². The summed E-state index contributed by atoms with van der Waals surface area (Å²) in [4.78, 5) is 23.3. The van der Waals surface area contributed by atoms with Crippen molar-refractivity contribution in [2.45, 2.75) is 31.8 Å². The van der Waals surface area contributed by atoms with Gasteiger partial charge in [-0.2, -0.15) is 11.8 Å². The maximum Gasteiger partial charge on any atom is 0.326 e. The van der Waals surface area contributed by atoms with Crippen molar-refractivity contribution in [2.75, 3.05) is 31.8 Å². The Balaban J connectivity index is 2.51. The van der Waals surface area contributed by atoms with E-state index in [1.807, 2.05) is 6.26 Å². The van der Waals surface area contributed by atoms with E-state index < -0.39 is 12.0 Å². The van der Waals surface area contributed by atoms with Crippen LogP contribution in [-0.4, -0.2) is 60.8 Å². The fourth-order valence-corrected chi connectivity index (χ4v) is 2.59. The summed E-state index contributed by atoms with van der Waals surface area (Å²) in [7, 11) is 0. The minimum absolute atomic E-state index is 0.0232. The van der Waals surface area contributed by atoms with Crippen LogP contribution in [-0.2, 0) is 14.3 Å². The lowest BCUT2D eigenvalue weighted by molar-refractivity contribution is -0.142. The van der Waals surface area contributed by atoms with Gasteiger partial charge in [0.1, 0.15) is 6.04 Å². The molecule has 1 rings (SSSR count). The summed E-state index contributed by atoms with van der Waals surface area (Å²) in [5.41, 5.74) is 0. The summed E-state index contributed by atoms with van der Waals surface area (Å²) >= 11 is 1.57. The number of thioether (sulfide) groups is 1. The maximum atomic E-state index is 12.2. The van der Waals surface area contributed by atoms with Crippen LogP contribution in [0.2, 0.25) is 0 Å². The van der Waals surface area contributed by atoms with Crippen LogP contribution in [0.1, 0.15) is 19.8 Å². The Morgan fingerprint density at radius 2 is 2.20 bits per heavy atom. The normalized spacial score (nSPS) is 23.5. The average Bonchev–Trinajstić information content (AvgIpc) is 2.89. The van der Waals surface area contributed by atoms with Crippen molar-refractivity contribution in [3.05, 3.63) is 0 Å². The number of carbonyl (C=O) groups excluding carboxylic acids is 1. The molecule has 0 aromatic heterocycles. The van der Waals surface area contributed by atoms with Crippen LogP contribution in [0.15, 0.2) is 0 Å². The summed E-state index contributed by atoms with van der Waals surface area (Å²) in [6, 6.07) is -0.840. The zero-order valence-corrected chi connectivity index (χ0v) is 12.9. The fraction of sp³-hybridized carbons (Fsp3) is 0.846. The molecule has 0 aromatic carbocycles. The van der Waals surface area contributed by atoms with Gasteiger partial charge in [-0.1, -0.05) is 6.92 Å². The third-order valence-corrected chi connectivity index (χ3v) is 3.94. The summed E-state index contributed by atoms with van der Waals surface area (Å²) in [6.07, 6.45) is 3.33. The van der Waals surface area contributed by atoms with Gasteiger partial charge in [-0.05, 0) is 31.4 Å². The molecular weight excluding hydrogens is 280 g/mol. The van der Waals surface area contributed by atoms with Crippen LogP contribution in [0.3, 0.4) is 0 Å². The smallest absolute Gasteiger partial charge is 0.326 e. The molecule has 6 nitrogen and oxygen atoms in total. The van der Waals surface area contributed by atoms with Gasteiger partial charge >= 0.3 is 5.97 Å². The van der Waals surface area contributed by atoms with Crippen LogP contribution in [0.4, 0.5) is 0 Å². The minimum Gasteiger partial charge on any atom is -0.480 e. The molecule has 1 aliphatic heterocycles. The Morgan fingerprint density at radius 1 is 1.45 bits per heavy atom. The third kappa shape index (κ3) is 5.30. The number of carboxylic acids is 1. The molecule has 0 aliphatic carbocycles. The number of nitrogens with one attached hydrogen (secondary N) is 2. The van der Waals surface area contributed by atoms with Gasteiger partial charge in [-0.15, -0.1) is 0 Å². The van der Waals surface area contributed by atoms with Crippen LogP contribution < -0.4 is 10.6 Å². The first-order valence-corrected chi connectivity index (χ1v) is 8.32. The first-order valence-electron chi connectivity index (χ1n) is 6.93. The van der Waals surface area contributed by atoms with Gasteiger partial charge in [0, 0.05) is 6.04 Å². The molecule has 116 valence electrons. The average molecular weight is 304 g/mol. The van der Waals surface area contributed by atoms with E-state index in [1.54, 1.807) is 11.8 Å². The lowest BCUT2D eigenvalue weighted by Gasteiger charge is -2.21. The predicted octanol–water partition coefficient (Wildman–Crippen LogP) is 0.324. The minimum atomic E-state index is -0.982. The van der Waals surface area contributed by atoms with Crippen LogP contribution in [0.5, 0.6) is 0 Å². The number of amides is 1. The highest BCUT2D eigenvalue weighted by molar-refractivity contribution is 7.98. The second-order valence-electron chi connectivity index (χ2n) is 4.89. The molecule has 0 radical (unpaired) electrons. The number of ether oxygens (including phenoxy) is 1. The second kappa shape index (κ2) is 9.20. The molecule has 1 amide bonds. The first kappa shape index (κ1) is 17.3. The van der Waals surface area contributed by atoms with E-state index in [-0.39, 0.29) is 17.9 Å². The highest BCUT2D eigenvalue weighted by Gasteiger charge is 2.35. The van der Waals surface area contributed by atoms with E-state index in [9.17, 15) is 9.59 Å². The summed E-state index contributed by atoms with van der Waals surface area (Å²) < 4.78 is 5.34. The number of aliphatic carboxylic acids is 1. The van der Waals surface area contributed by atoms with E-state index >= 15 is 0 Å². The summed E-state index contributed by atoms with van der Waals surface area (Å²) in [5.74, 6) is -0.817. The molecule has 1 saturated heterocycles. The van der Waals surface area contributed by atoms with Crippen molar-refractivity contribution in [2.24, 2.45) is 5.92 Å². The first-order chi connectivity index (χ1) is 9.60. The molecule has 20 heavy (non-hydrogen) atoms. The van der Waals surface area contributed by atoms with Gasteiger partial charge in [0.25, 0.3) is 0 Å². The largest absolute Gasteiger partial charge is 0.480 e. The van der Waals surface area contributed by atoms with Crippen molar-refractivity contribution >= 4 is 23.6 Å². The van der Waals surface area contributed by atoms with Crippen LogP contribution >= 0.6 is 11.8 Å². The van der Waals surface area contributed by atoms with Gasteiger partial charge in [0.15, 0.2) is 0 Å².